The Morgan fingerprint density at radius 3 is 2.75 bits per heavy atom. The SMILES string of the molecule is Cc1cc(CN2CCN(c3ccc4cc(Cl)cnc4n3)CC2)on1. The number of halogens is 1. The van der Waals surface area contributed by atoms with Crippen LogP contribution in [-0.4, -0.2) is 46.2 Å². The lowest BCUT2D eigenvalue weighted by molar-refractivity contribution is 0.219. The number of aryl methyl sites for hydroxylation is 1. The Labute approximate surface area is 145 Å². The molecule has 4 heterocycles. The van der Waals surface area contributed by atoms with Gasteiger partial charge in [0.2, 0.25) is 0 Å². The van der Waals surface area contributed by atoms with E-state index < -0.39 is 0 Å². The van der Waals surface area contributed by atoms with Gasteiger partial charge in [-0.05, 0) is 25.1 Å². The van der Waals surface area contributed by atoms with Crippen LogP contribution in [0.15, 0.2) is 35.0 Å². The van der Waals surface area contributed by atoms with E-state index in [2.05, 4.69) is 24.9 Å². The average molecular weight is 344 g/mol. The first-order valence-electron chi connectivity index (χ1n) is 7.99. The maximum Gasteiger partial charge on any atom is 0.161 e. The molecule has 0 atom stereocenters. The number of hydrogen-bond donors (Lipinski definition) is 0. The second kappa shape index (κ2) is 6.37. The molecule has 0 bridgehead atoms. The van der Waals surface area contributed by atoms with E-state index in [1.807, 2.05) is 31.2 Å². The molecule has 3 aromatic rings. The maximum absolute atomic E-state index is 5.97. The van der Waals surface area contributed by atoms with Gasteiger partial charge in [0.05, 0.1) is 17.3 Å². The molecule has 7 heteroatoms. The van der Waals surface area contributed by atoms with Gasteiger partial charge >= 0.3 is 0 Å². The van der Waals surface area contributed by atoms with Gasteiger partial charge in [0.15, 0.2) is 11.4 Å². The normalized spacial score (nSPS) is 16.0. The highest BCUT2D eigenvalue weighted by molar-refractivity contribution is 6.31. The Hall–Kier alpha value is -2.18. The number of anilines is 1. The predicted octanol–water partition coefficient (Wildman–Crippen LogP) is 2.90. The van der Waals surface area contributed by atoms with E-state index in [1.54, 1.807) is 6.20 Å². The molecule has 1 fully saturated rings. The Morgan fingerprint density at radius 2 is 2.00 bits per heavy atom. The summed E-state index contributed by atoms with van der Waals surface area (Å²) < 4.78 is 5.30. The van der Waals surface area contributed by atoms with Crippen LogP contribution in [0.25, 0.3) is 11.0 Å². The van der Waals surface area contributed by atoms with Crippen molar-refractivity contribution >= 4 is 28.5 Å². The van der Waals surface area contributed by atoms with Gasteiger partial charge in [-0.1, -0.05) is 16.8 Å². The molecule has 0 N–H and O–H groups in total. The molecule has 1 saturated heterocycles. The van der Waals surface area contributed by atoms with Crippen LogP contribution in [0.4, 0.5) is 5.82 Å². The minimum Gasteiger partial charge on any atom is -0.360 e. The molecule has 24 heavy (non-hydrogen) atoms. The van der Waals surface area contributed by atoms with Gasteiger partial charge in [0, 0.05) is 43.8 Å². The standard InChI is InChI=1S/C17H18ClN5O/c1-12-8-15(24-21-12)11-22-4-6-23(7-5-22)16-3-2-13-9-14(18)10-19-17(13)20-16/h2-3,8-10H,4-7,11H2,1H3. The van der Waals surface area contributed by atoms with Crippen molar-refractivity contribution in [3.05, 3.63) is 46.9 Å². The highest BCUT2D eigenvalue weighted by Gasteiger charge is 2.19. The molecule has 1 aliphatic heterocycles. The highest BCUT2D eigenvalue weighted by atomic mass is 35.5. The number of piperazine rings is 1. The third-order valence-corrected chi connectivity index (χ3v) is 4.45. The lowest BCUT2D eigenvalue weighted by Crippen LogP contribution is -2.46. The van der Waals surface area contributed by atoms with Gasteiger partial charge in [0.25, 0.3) is 0 Å². The zero-order chi connectivity index (χ0) is 16.5. The van der Waals surface area contributed by atoms with Crippen LogP contribution in [0.2, 0.25) is 5.02 Å². The molecule has 0 unspecified atom stereocenters. The van der Waals surface area contributed by atoms with Crippen LogP contribution in [0, 0.1) is 6.92 Å². The zero-order valence-electron chi connectivity index (χ0n) is 13.4. The predicted molar refractivity (Wildman–Crippen MR) is 93.3 cm³/mol. The highest BCUT2D eigenvalue weighted by Crippen LogP contribution is 2.21. The van der Waals surface area contributed by atoms with Crippen LogP contribution in [0.1, 0.15) is 11.5 Å². The second-order valence-electron chi connectivity index (χ2n) is 6.07. The average Bonchev–Trinajstić information content (AvgIpc) is 3.00. The fourth-order valence-corrected chi connectivity index (χ4v) is 3.16. The number of rotatable bonds is 3. The zero-order valence-corrected chi connectivity index (χ0v) is 14.2. The molecule has 1 aliphatic rings. The fraction of sp³-hybridized carbons (Fsp3) is 0.353. The van der Waals surface area contributed by atoms with Crippen molar-refractivity contribution in [3.63, 3.8) is 0 Å². The number of nitrogens with zero attached hydrogens (tertiary/aromatic N) is 5. The summed E-state index contributed by atoms with van der Waals surface area (Å²) in [5.74, 6) is 1.89. The summed E-state index contributed by atoms with van der Waals surface area (Å²) >= 11 is 5.97. The van der Waals surface area contributed by atoms with Gasteiger partial charge in [-0.25, -0.2) is 9.97 Å². The first-order chi connectivity index (χ1) is 11.7. The van der Waals surface area contributed by atoms with E-state index in [0.717, 1.165) is 61.0 Å². The van der Waals surface area contributed by atoms with Crippen LogP contribution in [-0.2, 0) is 6.54 Å². The number of fused-ring (bicyclic) bond motifs is 1. The van der Waals surface area contributed by atoms with Crippen molar-refractivity contribution in [3.8, 4) is 0 Å². The maximum atomic E-state index is 5.97. The molecular weight excluding hydrogens is 326 g/mol. The molecule has 0 aliphatic carbocycles. The molecule has 0 aromatic carbocycles. The monoisotopic (exact) mass is 343 g/mol. The van der Waals surface area contributed by atoms with Gasteiger partial charge in [0.1, 0.15) is 5.82 Å². The molecule has 0 amide bonds. The van der Waals surface area contributed by atoms with E-state index >= 15 is 0 Å². The van der Waals surface area contributed by atoms with Crippen molar-refractivity contribution in [1.29, 1.82) is 0 Å². The summed E-state index contributed by atoms with van der Waals surface area (Å²) in [5, 5.41) is 5.54. The minimum absolute atomic E-state index is 0.633. The lowest BCUT2D eigenvalue weighted by atomic mass is 10.2. The first-order valence-corrected chi connectivity index (χ1v) is 8.37. The third-order valence-electron chi connectivity index (χ3n) is 4.25. The topological polar surface area (TPSA) is 58.3 Å². The third kappa shape index (κ3) is 3.20. The van der Waals surface area contributed by atoms with Crippen molar-refractivity contribution in [2.75, 3.05) is 31.1 Å². The Morgan fingerprint density at radius 1 is 1.17 bits per heavy atom. The number of pyridine rings is 2. The fourth-order valence-electron chi connectivity index (χ4n) is 3.00. The van der Waals surface area contributed by atoms with E-state index in [-0.39, 0.29) is 0 Å². The molecular formula is C17H18ClN5O. The van der Waals surface area contributed by atoms with E-state index in [0.29, 0.717) is 5.02 Å². The number of aromatic nitrogens is 3. The quantitative estimate of drug-likeness (QED) is 0.728. The Kier molecular flexibility index (Phi) is 4.08. The summed E-state index contributed by atoms with van der Waals surface area (Å²) in [6.07, 6.45) is 1.64. The Balaban J connectivity index is 1.42. The summed E-state index contributed by atoms with van der Waals surface area (Å²) in [7, 11) is 0. The van der Waals surface area contributed by atoms with E-state index in [4.69, 9.17) is 16.1 Å². The van der Waals surface area contributed by atoms with Crippen LogP contribution in [0.3, 0.4) is 0 Å². The van der Waals surface area contributed by atoms with E-state index in [1.165, 1.54) is 0 Å². The summed E-state index contributed by atoms with van der Waals surface area (Å²) in [6.45, 7) is 6.54. The minimum atomic E-state index is 0.633. The smallest absolute Gasteiger partial charge is 0.161 e. The molecule has 124 valence electrons. The van der Waals surface area contributed by atoms with Crippen molar-refractivity contribution in [1.82, 2.24) is 20.0 Å². The van der Waals surface area contributed by atoms with Crippen molar-refractivity contribution < 1.29 is 4.52 Å². The van der Waals surface area contributed by atoms with Crippen molar-refractivity contribution in [2.24, 2.45) is 0 Å². The number of hydrogen-bond acceptors (Lipinski definition) is 6. The molecule has 6 nitrogen and oxygen atoms in total. The van der Waals surface area contributed by atoms with E-state index in [9.17, 15) is 0 Å². The van der Waals surface area contributed by atoms with Gasteiger partial charge in [-0.2, -0.15) is 0 Å². The van der Waals surface area contributed by atoms with Crippen LogP contribution in [0.5, 0.6) is 0 Å². The summed E-state index contributed by atoms with van der Waals surface area (Å²) in [6, 6.07) is 7.95. The Bertz CT molecular complexity index is 857. The van der Waals surface area contributed by atoms with Crippen LogP contribution < -0.4 is 4.90 Å². The largest absolute Gasteiger partial charge is 0.360 e. The molecule has 4 rings (SSSR count). The lowest BCUT2D eigenvalue weighted by Gasteiger charge is -2.34. The van der Waals surface area contributed by atoms with Gasteiger partial charge < -0.3 is 9.42 Å². The van der Waals surface area contributed by atoms with Gasteiger partial charge in [-0.15, -0.1) is 0 Å². The first kappa shape index (κ1) is 15.4. The molecule has 0 saturated carbocycles. The second-order valence-corrected chi connectivity index (χ2v) is 6.50. The summed E-state index contributed by atoms with van der Waals surface area (Å²) in [4.78, 5) is 13.6. The van der Waals surface area contributed by atoms with Gasteiger partial charge in [-0.3, -0.25) is 4.90 Å². The van der Waals surface area contributed by atoms with Crippen molar-refractivity contribution in [2.45, 2.75) is 13.5 Å². The summed E-state index contributed by atoms with van der Waals surface area (Å²) in [5.41, 5.74) is 1.66. The molecule has 3 aromatic heterocycles. The van der Waals surface area contributed by atoms with Crippen LogP contribution >= 0.6 is 11.6 Å². The molecule has 0 radical (unpaired) electrons. The molecule has 0 spiro atoms.